The molecule has 0 fully saturated rings. The molecule has 2 radical (unpaired) electrons. The van der Waals surface area contributed by atoms with Gasteiger partial charge in [-0.05, 0) is 48.5 Å². The molecular weight excluding hydrogens is 327 g/mol. The molecule has 5 rings (SSSR count). The predicted octanol–water partition coefficient (Wildman–Crippen LogP) is 5.73. The first-order chi connectivity index (χ1) is 13.3. The van der Waals surface area contributed by atoms with Crippen LogP contribution < -0.4 is 15.3 Å². The normalized spacial score (nSPS) is 12.4. The van der Waals surface area contributed by atoms with Gasteiger partial charge in [0.15, 0.2) is 0 Å². The summed E-state index contributed by atoms with van der Waals surface area (Å²) in [6.07, 6.45) is 0. The molecule has 0 saturated heterocycles. The van der Waals surface area contributed by atoms with Crippen molar-refractivity contribution in [3.05, 3.63) is 103 Å². The molecule has 2 nitrogen and oxygen atoms in total. The van der Waals surface area contributed by atoms with Crippen molar-refractivity contribution < 1.29 is 0 Å². The minimum Gasteiger partial charge on any atom is -0.306 e. The van der Waals surface area contributed by atoms with Crippen molar-refractivity contribution in [2.75, 3.05) is 9.80 Å². The second-order valence-electron chi connectivity index (χ2n) is 6.58. The van der Waals surface area contributed by atoms with Crippen molar-refractivity contribution in [2.45, 2.75) is 0 Å². The van der Waals surface area contributed by atoms with Crippen molar-refractivity contribution in [1.82, 2.24) is 0 Å². The van der Waals surface area contributed by atoms with Gasteiger partial charge >= 0.3 is 0 Å². The first kappa shape index (κ1) is 15.8. The average molecular weight is 344 g/mol. The molecule has 0 aromatic heterocycles. The van der Waals surface area contributed by atoms with E-state index in [0.29, 0.717) is 0 Å². The quantitative estimate of drug-likeness (QED) is 0.377. The van der Waals surface area contributed by atoms with Crippen LogP contribution in [0, 0.1) is 0 Å². The summed E-state index contributed by atoms with van der Waals surface area (Å²) in [4.78, 5) is 4.57. The van der Waals surface area contributed by atoms with Crippen LogP contribution in [0.4, 0.5) is 34.1 Å². The molecule has 0 spiro atoms. The van der Waals surface area contributed by atoms with Crippen LogP contribution in [-0.4, -0.2) is 7.85 Å². The lowest BCUT2D eigenvalue weighted by Gasteiger charge is -2.40. The molecule has 0 bridgehead atoms. The van der Waals surface area contributed by atoms with E-state index in [4.69, 9.17) is 7.85 Å². The van der Waals surface area contributed by atoms with Gasteiger partial charge in [0.2, 0.25) is 0 Å². The van der Waals surface area contributed by atoms with E-state index in [-0.39, 0.29) is 0 Å². The molecule has 27 heavy (non-hydrogen) atoms. The van der Waals surface area contributed by atoms with Gasteiger partial charge in [0.05, 0.1) is 22.7 Å². The van der Waals surface area contributed by atoms with Crippen LogP contribution in [0.1, 0.15) is 0 Å². The topological polar surface area (TPSA) is 6.48 Å². The maximum atomic E-state index is 6.18. The summed E-state index contributed by atoms with van der Waals surface area (Å²) in [7, 11) is 6.18. The van der Waals surface area contributed by atoms with Crippen molar-refractivity contribution in [1.29, 1.82) is 0 Å². The fourth-order valence-electron chi connectivity index (χ4n) is 3.72. The van der Waals surface area contributed by atoms with Gasteiger partial charge < -0.3 is 9.80 Å². The van der Waals surface area contributed by atoms with Gasteiger partial charge in [0, 0.05) is 11.4 Å². The molecule has 0 N–H and O–H groups in total. The SMILES string of the molecule is [B]c1ccc2c(c1)N(c1ccccc1)c1ccccc1N2c1ccccc1. The monoisotopic (exact) mass is 344 g/mol. The summed E-state index contributed by atoms with van der Waals surface area (Å²) in [6, 6.07) is 35.5. The zero-order valence-electron chi connectivity index (χ0n) is 14.8. The molecule has 126 valence electrons. The lowest BCUT2D eigenvalue weighted by atomic mass is 9.93. The van der Waals surface area contributed by atoms with Crippen LogP contribution in [0.15, 0.2) is 103 Å². The Morgan fingerprint density at radius 3 is 1.44 bits per heavy atom. The highest BCUT2D eigenvalue weighted by molar-refractivity contribution is 6.33. The minimum atomic E-state index is 0.752. The molecule has 0 amide bonds. The molecular formula is C24H17BN2. The standard InChI is InChI=1S/C24H17BN2/c25-18-15-16-23-24(17-18)27(20-11-5-2-6-12-20)22-14-8-7-13-21(22)26(23)19-9-3-1-4-10-19/h1-17H. The maximum absolute atomic E-state index is 6.18. The Morgan fingerprint density at radius 2 is 0.889 bits per heavy atom. The van der Waals surface area contributed by atoms with E-state index in [0.717, 1.165) is 39.6 Å². The van der Waals surface area contributed by atoms with Gasteiger partial charge in [0.1, 0.15) is 7.85 Å². The van der Waals surface area contributed by atoms with Gasteiger partial charge in [-0.15, -0.1) is 0 Å². The third-order valence-electron chi connectivity index (χ3n) is 4.87. The molecule has 0 unspecified atom stereocenters. The fraction of sp³-hybridized carbons (Fsp3) is 0. The van der Waals surface area contributed by atoms with Gasteiger partial charge in [0.25, 0.3) is 0 Å². The van der Waals surface area contributed by atoms with Gasteiger partial charge in [-0.2, -0.15) is 0 Å². The summed E-state index contributed by atoms with van der Waals surface area (Å²) in [5, 5.41) is 0. The van der Waals surface area contributed by atoms with E-state index in [1.807, 2.05) is 24.3 Å². The second-order valence-corrected chi connectivity index (χ2v) is 6.58. The Labute approximate surface area is 160 Å². The van der Waals surface area contributed by atoms with E-state index in [1.54, 1.807) is 0 Å². The number of nitrogens with zero attached hydrogens (tertiary/aromatic N) is 2. The zero-order valence-corrected chi connectivity index (χ0v) is 14.8. The van der Waals surface area contributed by atoms with Gasteiger partial charge in [-0.3, -0.25) is 0 Å². The van der Waals surface area contributed by atoms with Crippen LogP contribution in [0.5, 0.6) is 0 Å². The smallest absolute Gasteiger partial charge is 0.113 e. The van der Waals surface area contributed by atoms with Crippen LogP contribution in [0.2, 0.25) is 0 Å². The largest absolute Gasteiger partial charge is 0.306 e. The zero-order chi connectivity index (χ0) is 18.2. The highest BCUT2D eigenvalue weighted by Gasteiger charge is 2.29. The number of fused-ring (bicyclic) bond motifs is 2. The number of benzene rings is 4. The maximum Gasteiger partial charge on any atom is 0.113 e. The van der Waals surface area contributed by atoms with Crippen LogP contribution in [0.3, 0.4) is 0 Å². The number of hydrogen-bond acceptors (Lipinski definition) is 2. The fourth-order valence-corrected chi connectivity index (χ4v) is 3.72. The summed E-state index contributed by atoms with van der Waals surface area (Å²) in [6.45, 7) is 0. The average Bonchev–Trinajstić information content (AvgIpc) is 2.73. The van der Waals surface area contributed by atoms with Crippen LogP contribution >= 0.6 is 0 Å². The second kappa shape index (κ2) is 6.37. The number of para-hydroxylation sites is 4. The van der Waals surface area contributed by atoms with Crippen molar-refractivity contribution in [2.24, 2.45) is 0 Å². The molecule has 4 aromatic rings. The van der Waals surface area contributed by atoms with Crippen LogP contribution in [-0.2, 0) is 0 Å². The highest BCUT2D eigenvalue weighted by atomic mass is 15.3. The molecule has 1 heterocycles. The Morgan fingerprint density at radius 1 is 0.444 bits per heavy atom. The first-order valence-corrected chi connectivity index (χ1v) is 9.02. The Hall–Kier alpha value is -3.46. The number of anilines is 6. The lowest BCUT2D eigenvalue weighted by molar-refractivity contribution is 1.17. The molecule has 0 atom stereocenters. The highest BCUT2D eigenvalue weighted by Crippen LogP contribution is 2.53. The Kier molecular flexibility index (Phi) is 3.72. The van der Waals surface area contributed by atoms with E-state index >= 15 is 0 Å². The minimum absolute atomic E-state index is 0.752. The summed E-state index contributed by atoms with van der Waals surface area (Å²) >= 11 is 0. The van der Waals surface area contributed by atoms with Gasteiger partial charge in [-0.25, -0.2) is 0 Å². The van der Waals surface area contributed by atoms with Gasteiger partial charge in [-0.1, -0.05) is 60.1 Å². The predicted molar refractivity (Wildman–Crippen MR) is 115 cm³/mol. The summed E-state index contributed by atoms with van der Waals surface area (Å²) < 4.78 is 0. The number of rotatable bonds is 2. The van der Waals surface area contributed by atoms with Crippen molar-refractivity contribution >= 4 is 47.4 Å². The van der Waals surface area contributed by atoms with E-state index in [1.165, 1.54) is 0 Å². The summed E-state index contributed by atoms with van der Waals surface area (Å²) in [5.41, 5.74) is 7.45. The summed E-state index contributed by atoms with van der Waals surface area (Å²) in [5.74, 6) is 0. The molecule has 1 aliphatic heterocycles. The Balaban J connectivity index is 1.82. The molecule has 0 aliphatic carbocycles. The van der Waals surface area contributed by atoms with Crippen LogP contribution in [0.25, 0.3) is 0 Å². The third-order valence-corrected chi connectivity index (χ3v) is 4.87. The van der Waals surface area contributed by atoms with Crippen molar-refractivity contribution in [3.8, 4) is 0 Å². The third kappa shape index (κ3) is 2.60. The lowest BCUT2D eigenvalue weighted by Crippen LogP contribution is -2.25. The van der Waals surface area contributed by atoms with E-state index in [2.05, 4.69) is 88.7 Å². The number of hydrogen-bond donors (Lipinski definition) is 0. The molecule has 4 aromatic carbocycles. The Bertz CT molecular complexity index is 1090. The first-order valence-electron chi connectivity index (χ1n) is 9.02. The van der Waals surface area contributed by atoms with Crippen molar-refractivity contribution in [3.63, 3.8) is 0 Å². The van der Waals surface area contributed by atoms with E-state index < -0.39 is 0 Å². The van der Waals surface area contributed by atoms with E-state index in [9.17, 15) is 0 Å². The molecule has 3 heteroatoms. The molecule has 1 aliphatic rings. The molecule has 0 saturated carbocycles.